The lowest BCUT2D eigenvalue weighted by atomic mass is 10.1. The average Bonchev–Trinajstić information content (AvgIpc) is 2.15. The summed E-state index contributed by atoms with van der Waals surface area (Å²) < 4.78 is 0. The lowest BCUT2D eigenvalue weighted by Crippen LogP contribution is -2.12. The van der Waals surface area contributed by atoms with Gasteiger partial charge in [0.2, 0.25) is 0 Å². The van der Waals surface area contributed by atoms with E-state index in [1.807, 2.05) is 6.08 Å². The van der Waals surface area contributed by atoms with Gasteiger partial charge in [-0.1, -0.05) is 18.9 Å². The Labute approximate surface area is 92.8 Å². The van der Waals surface area contributed by atoms with Crippen molar-refractivity contribution in [1.82, 2.24) is 4.90 Å². The topological polar surface area (TPSA) is 40.5 Å². The van der Waals surface area contributed by atoms with E-state index < -0.39 is 5.97 Å². The highest BCUT2D eigenvalue weighted by molar-refractivity contribution is 5.85. The summed E-state index contributed by atoms with van der Waals surface area (Å²) >= 11 is 0. The zero-order valence-corrected chi connectivity index (χ0v) is 10.1. The molecule has 0 aromatic rings. The van der Waals surface area contributed by atoms with Crippen molar-refractivity contribution in [2.75, 3.05) is 20.6 Å². The van der Waals surface area contributed by atoms with Crippen molar-refractivity contribution in [3.05, 3.63) is 11.6 Å². The van der Waals surface area contributed by atoms with Crippen molar-refractivity contribution in [3.63, 3.8) is 0 Å². The Balaban J connectivity index is 3.32. The van der Waals surface area contributed by atoms with Crippen LogP contribution in [0.2, 0.25) is 0 Å². The molecule has 0 aromatic carbocycles. The minimum atomic E-state index is -0.803. The number of hydrogen-bond donors (Lipinski definition) is 1. The van der Waals surface area contributed by atoms with E-state index in [9.17, 15) is 4.79 Å². The summed E-state index contributed by atoms with van der Waals surface area (Å²) in [6.07, 6.45) is 7.45. The second-order valence-corrected chi connectivity index (χ2v) is 4.20. The number of carboxylic acids is 1. The first-order valence-electron chi connectivity index (χ1n) is 5.59. The fraction of sp³-hybridized carbons (Fsp3) is 0.750. The highest BCUT2D eigenvalue weighted by atomic mass is 16.4. The predicted molar refractivity (Wildman–Crippen MR) is 63.0 cm³/mol. The first-order valence-corrected chi connectivity index (χ1v) is 5.59. The molecule has 0 aromatic heterocycles. The summed E-state index contributed by atoms with van der Waals surface area (Å²) in [5.74, 6) is -0.803. The molecule has 0 bridgehead atoms. The van der Waals surface area contributed by atoms with Crippen LogP contribution in [0, 0.1) is 0 Å². The SMILES string of the molecule is CC(=CCCCCCCN(C)C)C(=O)O. The van der Waals surface area contributed by atoms with Gasteiger partial charge in [-0.25, -0.2) is 4.79 Å². The van der Waals surface area contributed by atoms with E-state index in [-0.39, 0.29) is 0 Å². The van der Waals surface area contributed by atoms with Crippen LogP contribution in [0.4, 0.5) is 0 Å². The maximum Gasteiger partial charge on any atom is 0.330 e. The molecule has 0 spiro atoms. The first kappa shape index (κ1) is 14.2. The molecule has 0 saturated heterocycles. The van der Waals surface area contributed by atoms with E-state index in [0.29, 0.717) is 5.57 Å². The van der Waals surface area contributed by atoms with Gasteiger partial charge in [0.25, 0.3) is 0 Å². The fourth-order valence-corrected chi connectivity index (χ4v) is 1.33. The summed E-state index contributed by atoms with van der Waals surface area (Å²) in [5.41, 5.74) is 0.461. The van der Waals surface area contributed by atoms with Crippen molar-refractivity contribution in [3.8, 4) is 0 Å². The highest BCUT2D eigenvalue weighted by Gasteiger charge is 1.97. The maximum atomic E-state index is 10.5. The minimum absolute atomic E-state index is 0.461. The van der Waals surface area contributed by atoms with Crippen molar-refractivity contribution in [1.29, 1.82) is 0 Å². The standard InChI is InChI=1S/C12H23NO2/c1-11(12(14)15)9-7-5-4-6-8-10-13(2)3/h9H,4-8,10H2,1-3H3,(H,14,15). The normalized spacial score (nSPS) is 12.1. The second-order valence-electron chi connectivity index (χ2n) is 4.20. The molecule has 0 atom stereocenters. The van der Waals surface area contributed by atoms with Crippen molar-refractivity contribution < 1.29 is 9.90 Å². The van der Waals surface area contributed by atoms with Gasteiger partial charge in [0.15, 0.2) is 0 Å². The predicted octanol–water partition coefficient (Wildman–Crippen LogP) is 2.53. The van der Waals surface area contributed by atoms with Crippen LogP contribution in [0.3, 0.4) is 0 Å². The van der Waals surface area contributed by atoms with E-state index in [0.717, 1.165) is 19.4 Å². The van der Waals surface area contributed by atoms with Gasteiger partial charge in [0.05, 0.1) is 0 Å². The summed E-state index contributed by atoms with van der Waals surface area (Å²) in [7, 11) is 4.16. The Morgan fingerprint density at radius 2 is 1.80 bits per heavy atom. The van der Waals surface area contributed by atoms with E-state index in [4.69, 9.17) is 5.11 Å². The van der Waals surface area contributed by atoms with Gasteiger partial charge in [-0.15, -0.1) is 0 Å². The lowest BCUT2D eigenvalue weighted by molar-refractivity contribution is -0.132. The van der Waals surface area contributed by atoms with Gasteiger partial charge >= 0.3 is 5.97 Å². The minimum Gasteiger partial charge on any atom is -0.478 e. The number of hydrogen-bond acceptors (Lipinski definition) is 2. The number of carbonyl (C=O) groups is 1. The fourth-order valence-electron chi connectivity index (χ4n) is 1.33. The number of allylic oxidation sites excluding steroid dienone is 1. The molecule has 1 N–H and O–H groups in total. The van der Waals surface area contributed by atoms with Crippen LogP contribution in [-0.2, 0) is 4.79 Å². The third kappa shape index (κ3) is 9.47. The summed E-state index contributed by atoms with van der Waals surface area (Å²) in [5, 5.41) is 8.61. The molecule has 0 radical (unpaired) electrons. The zero-order valence-electron chi connectivity index (χ0n) is 10.1. The monoisotopic (exact) mass is 213 g/mol. The molecule has 0 rings (SSSR count). The number of unbranched alkanes of at least 4 members (excludes halogenated alkanes) is 4. The van der Waals surface area contributed by atoms with E-state index in [1.165, 1.54) is 19.3 Å². The van der Waals surface area contributed by atoms with Crippen LogP contribution >= 0.6 is 0 Å². The van der Waals surface area contributed by atoms with E-state index in [2.05, 4.69) is 19.0 Å². The quantitative estimate of drug-likeness (QED) is 0.497. The molecule has 0 unspecified atom stereocenters. The van der Waals surface area contributed by atoms with Gasteiger partial charge in [-0.05, 0) is 46.8 Å². The van der Waals surface area contributed by atoms with Crippen LogP contribution in [-0.4, -0.2) is 36.6 Å². The smallest absolute Gasteiger partial charge is 0.330 e. The Morgan fingerprint density at radius 3 is 2.33 bits per heavy atom. The summed E-state index contributed by atoms with van der Waals surface area (Å²) in [6, 6.07) is 0. The Morgan fingerprint density at radius 1 is 1.20 bits per heavy atom. The second kappa shape index (κ2) is 8.48. The third-order valence-electron chi connectivity index (χ3n) is 2.35. The average molecular weight is 213 g/mol. The van der Waals surface area contributed by atoms with Crippen LogP contribution < -0.4 is 0 Å². The zero-order chi connectivity index (χ0) is 11.7. The van der Waals surface area contributed by atoms with Gasteiger partial charge < -0.3 is 10.0 Å². The Bertz CT molecular complexity index is 210. The molecule has 15 heavy (non-hydrogen) atoms. The van der Waals surface area contributed by atoms with E-state index in [1.54, 1.807) is 6.92 Å². The van der Waals surface area contributed by atoms with Crippen molar-refractivity contribution in [2.24, 2.45) is 0 Å². The molecule has 0 amide bonds. The number of aliphatic carboxylic acids is 1. The van der Waals surface area contributed by atoms with Gasteiger partial charge in [0.1, 0.15) is 0 Å². The van der Waals surface area contributed by atoms with Crippen LogP contribution in [0.25, 0.3) is 0 Å². The molecule has 0 fully saturated rings. The molecule has 0 aliphatic heterocycles. The van der Waals surface area contributed by atoms with Gasteiger partial charge in [0, 0.05) is 5.57 Å². The van der Waals surface area contributed by atoms with Crippen LogP contribution in [0.5, 0.6) is 0 Å². The number of rotatable bonds is 8. The summed E-state index contributed by atoms with van der Waals surface area (Å²) in [6.45, 7) is 2.79. The molecule has 88 valence electrons. The van der Waals surface area contributed by atoms with Crippen LogP contribution in [0.1, 0.15) is 39.0 Å². The largest absolute Gasteiger partial charge is 0.478 e. The molecule has 3 heteroatoms. The molecule has 3 nitrogen and oxygen atoms in total. The molecule has 0 aliphatic rings. The van der Waals surface area contributed by atoms with E-state index >= 15 is 0 Å². The molecule has 0 heterocycles. The Kier molecular flexibility index (Phi) is 8.01. The number of nitrogens with zero attached hydrogens (tertiary/aromatic N) is 1. The maximum absolute atomic E-state index is 10.5. The number of carboxylic acid groups (broad SMARTS) is 1. The van der Waals surface area contributed by atoms with Crippen molar-refractivity contribution >= 4 is 5.97 Å². The molecular formula is C12H23NO2. The third-order valence-corrected chi connectivity index (χ3v) is 2.35. The van der Waals surface area contributed by atoms with Gasteiger partial charge in [-0.3, -0.25) is 0 Å². The van der Waals surface area contributed by atoms with Crippen molar-refractivity contribution in [2.45, 2.75) is 39.0 Å². The highest BCUT2D eigenvalue weighted by Crippen LogP contribution is 2.06. The first-order chi connectivity index (χ1) is 7.04. The summed E-state index contributed by atoms with van der Waals surface area (Å²) in [4.78, 5) is 12.7. The van der Waals surface area contributed by atoms with Crippen LogP contribution in [0.15, 0.2) is 11.6 Å². The molecular weight excluding hydrogens is 190 g/mol. The van der Waals surface area contributed by atoms with Gasteiger partial charge in [-0.2, -0.15) is 0 Å². The molecule has 0 saturated carbocycles. The Hall–Kier alpha value is -0.830. The lowest BCUT2D eigenvalue weighted by Gasteiger charge is -2.08. The molecule has 0 aliphatic carbocycles.